The molecule has 0 radical (unpaired) electrons. The summed E-state index contributed by atoms with van der Waals surface area (Å²) in [6.45, 7) is 5.82. The molecular weight excluding hydrogens is 425 g/mol. The summed E-state index contributed by atoms with van der Waals surface area (Å²) in [4.78, 5) is 30.6. The summed E-state index contributed by atoms with van der Waals surface area (Å²) in [6.07, 6.45) is -1.91. The Morgan fingerprint density at radius 3 is 2.62 bits per heavy atom. The summed E-state index contributed by atoms with van der Waals surface area (Å²) >= 11 is 0. The number of halogens is 3. The van der Waals surface area contributed by atoms with Crippen molar-refractivity contribution >= 4 is 17.4 Å². The van der Waals surface area contributed by atoms with Gasteiger partial charge in [0.25, 0.3) is 0 Å². The molecule has 8 nitrogen and oxygen atoms in total. The summed E-state index contributed by atoms with van der Waals surface area (Å²) in [7, 11) is 1.86. The lowest BCUT2D eigenvalue weighted by Gasteiger charge is -2.37. The molecule has 1 fully saturated rings. The van der Waals surface area contributed by atoms with Crippen molar-refractivity contribution in [1.29, 1.82) is 0 Å². The number of hydrogen-bond donors (Lipinski definition) is 1. The van der Waals surface area contributed by atoms with Crippen LogP contribution >= 0.6 is 0 Å². The van der Waals surface area contributed by atoms with Crippen LogP contribution in [-0.4, -0.2) is 45.0 Å². The maximum absolute atomic E-state index is 12.8. The third-order valence-corrected chi connectivity index (χ3v) is 5.90. The second-order valence-corrected chi connectivity index (χ2v) is 8.73. The van der Waals surface area contributed by atoms with Gasteiger partial charge < -0.3 is 15.0 Å². The molecule has 0 aromatic carbocycles. The molecule has 3 heterocycles. The molecule has 4 rings (SSSR count). The maximum Gasteiger partial charge on any atom is 0.433 e. The second-order valence-electron chi connectivity index (χ2n) is 8.73. The minimum atomic E-state index is -4.54. The van der Waals surface area contributed by atoms with Gasteiger partial charge in [-0.15, -0.1) is 0 Å². The standard InChI is InChI=1S/C21H25F3N6O2/c1-10(2)18-20(31)29-17-11(3)27-15(28-19(17)30(18)4)7-12-5-13(6-12)32-16-8-14(21(22,23)24)25-9-26-16/h8-10,12-13,18H,5-7H2,1-4H3,(H,29,31)/t12?,13?,18-/m0/s1. The van der Waals surface area contributed by atoms with E-state index >= 15 is 0 Å². The molecule has 0 saturated heterocycles. The van der Waals surface area contributed by atoms with Gasteiger partial charge in [-0.1, -0.05) is 13.8 Å². The van der Waals surface area contributed by atoms with Gasteiger partial charge >= 0.3 is 6.18 Å². The van der Waals surface area contributed by atoms with Crippen molar-refractivity contribution in [2.75, 3.05) is 17.3 Å². The minimum absolute atomic E-state index is 0.0631. The highest BCUT2D eigenvalue weighted by atomic mass is 19.4. The summed E-state index contributed by atoms with van der Waals surface area (Å²) in [5.41, 5.74) is 0.324. The topological polar surface area (TPSA) is 93.1 Å². The van der Waals surface area contributed by atoms with Crippen molar-refractivity contribution in [1.82, 2.24) is 19.9 Å². The van der Waals surface area contributed by atoms with Gasteiger partial charge in [0.05, 0.1) is 5.69 Å². The zero-order valence-electron chi connectivity index (χ0n) is 18.3. The molecule has 1 atom stereocenters. The second kappa shape index (κ2) is 8.18. The Morgan fingerprint density at radius 2 is 1.97 bits per heavy atom. The van der Waals surface area contributed by atoms with Crippen LogP contribution in [0.1, 0.15) is 43.9 Å². The summed E-state index contributed by atoms with van der Waals surface area (Å²) in [5, 5.41) is 2.93. The van der Waals surface area contributed by atoms with Crippen LogP contribution in [0.15, 0.2) is 12.4 Å². The van der Waals surface area contributed by atoms with Crippen molar-refractivity contribution in [3.8, 4) is 5.88 Å². The van der Waals surface area contributed by atoms with Crippen LogP contribution < -0.4 is 15.0 Å². The fourth-order valence-corrected chi connectivity index (χ4v) is 4.29. The lowest BCUT2D eigenvalue weighted by Crippen LogP contribution is -2.50. The largest absolute Gasteiger partial charge is 0.474 e. The van der Waals surface area contributed by atoms with E-state index in [1.807, 2.05) is 32.7 Å². The lowest BCUT2D eigenvalue weighted by atomic mass is 9.80. The normalized spacial score (nSPS) is 22.9. The summed E-state index contributed by atoms with van der Waals surface area (Å²) in [5.74, 6) is 1.62. The molecule has 0 spiro atoms. The summed E-state index contributed by atoms with van der Waals surface area (Å²) in [6, 6.07) is 0.513. The van der Waals surface area contributed by atoms with Crippen LogP contribution in [0, 0.1) is 18.8 Å². The number of aryl methyl sites for hydroxylation is 1. The van der Waals surface area contributed by atoms with E-state index in [9.17, 15) is 18.0 Å². The highest BCUT2D eigenvalue weighted by Gasteiger charge is 2.37. The molecule has 1 amide bonds. The van der Waals surface area contributed by atoms with Crippen LogP contribution in [-0.2, 0) is 17.4 Å². The quantitative estimate of drug-likeness (QED) is 0.746. The number of carbonyl (C=O) groups is 1. The van der Waals surface area contributed by atoms with Gasteiger partial charge in [-0.2, -0.15) is 13.2 Å². The van der Waals surface area contributed by atoms with Gasteiger partial charge in [-0.05, 0) is 31.6 Å². The third-order valence-electron chi connectivity index (χ3n) is 5.90. The van der Waals surface area contributed by atoms with E-state index in [0.717, 1.165) is 12.4 Å². The Hall–Kier alpha value is -2.98. The van der Waals surface area contributed by atoms with Gasteiger partial charge in [-0.3, -0.25) is 4.79 Å². The molecule has 172 valence electrons. The number of rotatable bonds is 5. The Morgan fingerprint density at radius 1 is 1.25 bits per heavy atom. The van der Waals surface area contributed by atoms with E-state index < -0.39 is 11.9 Å². The number of alkyl halides is 3. The zero-order valence-corrected chi connectivity index (χ0v) is 18.3. The lowest BCUT2D eigenvalue weighted by molar-refractivity contribution is -0.141. The molecule has 2 aliphatic rings. The molecule has 1 aliphatic carbocycles. The van der Waals surface area contributed by atoms with E-state index in [0.29, 0.717) is 42.3 Å². The smallest absolute Gasteiger partial charge is 0.433 e. The molecule has 2 aromatic rings. The molecule has 32 heavy (non-hydrogen) atoms. The fourth-order valence-electron chi connectivity index (χ4n) is 4.29. The van der Waals surface area contributed by atoms with E-state index in [1.165, 1.54) is 0 Å². The van der Waals surface area contributed by atoms with E-state index in [-0.39, 0.29) is 35.8 Å². The highest BCUT2D eigenvalue weighted by Crippen LogP contribution is 2.37. The Bertz CT molecular complexity index is 1020. The number of ether oxygens (including phenoxy) is 1. The predicted molar refractivity (Wildman–Crippen MR) is 110 cm³/mol. The number of nitrogens with one attached hydrogen (secondary N) is 1. The molecule has 2 aromatic heterocycles. The predicted octanol–water partition coefficient (Wildman–Crippen LogP) is 3.41. The van der Waals surface area contributed by atoms with Crippen LogP contribution in [0.25, 0.3) is 0 Å². The van der Waals surface area contributed by atoms with Crippen molar-refractivity contribution in [2.45, 2.75) is 58.4 Å². The van der Waals surface area contributed by atoms with Gasteiger partial charge in [0.1, 0.15) is 30.0 Å². The van der Waals surface area contributed by atoms with Gasteiger partial charge in [0.2, 0.25) is 11.8 Å². The SMILES string of the molecule is Cc1nc(CC2CC(Oc3cc(C(F)(F)F)ncn3)C2)nc2c1NC(=O)[C@H](C(C)C)N2C. The number of nitrogens with zero attached hydrogens (tertiary/aromatic N) is 5. The molecule has 0 bridgehead atoms. The molecule has 0 unspecified atom stereocenters. The average Bonchev–Trinajstić information content (AvgIpc) is 2.66. The molecule has 1 aliphatic heterocycles. The van der Waals surface area contributed by atoms with Gasteiger partial charge in [-0.25, -0.2) is 19.9 Å². The van der Waals surface area contributed by atoms with Crippen LogP contribution in [0.2, 0.25) is 0 Å². The Kier molecular flexibility index (Phi) is 5.68. The number of carbonyl (C=O) groups excluding carboxylic acids is 1. The molecular formula is C21H25F3N6O2. The number of anilines is 2. The molecule has 1 N–H and O–H groups in total. The van der Waals surface area contributed by atoms with Crippen molar-refractivity contribution in [3.05, 3.63) is 29.6 Å². The summed E-state index contributed by atoms with van der Waals surface area (Å²) < 4.78 is 44.0. The van der Waals surface area contributed by atoms with Crippen molar-refractivity contribution < 1.29 is 22.7 Å². The van der Waals surface area contributed by atoms with Crippen molar-refractivity contribution in [3.63, 3.8) is 0 Å². The first kappa shape index (κ1) is 22.2. The zero-order chi connectivity index (χ0) is 23.2. The van der Waals surface area contributed by atoms with Gasteiger partial charge in [0, 0.05) is 19.5 Å². The van der Waals surface area contributed by atoms with Gasteiger partial charge in [0.15, 0.2) is 11.5 Å². The minimum Gasteiger partial charge on any atom is -0.474 e. The highest BCUT2D eigenvalue weighted by molar-refractivity contribution is 6.03. The van der Waals surface area contributed by atoms with E-state index in [2.05, 4.69) is 20.3 Å². The number of aromatic nitrogens is 4. The number of fused-ring (bicyclic) bond motifs is 1. The first-order valence-corrected chi connectivity index (χ1v) is 10.5. The van der Waals surface area contributed by atoms with E-state index in [4.69, 9.17) is 9.72 Å². The Labute approximate surface area is 183 Å². The molecule has 1 saturated carbocycles. The van der Waals surface area contributed by atoms with Crippen LogP contribution in [0.5, 0.6) is 5.88 Å². The van der Waals surface area contributed by atoms with Crippen LogP contribution in [0.3, 0.4) is 0 Å². The maximum atomic E-state index is 12.8. The van der Waals surface area contributed by atoms with Crippen molar-refractivity contribution in [2.24, 2.45) is 11.8 Å². The number of hydrogen-bond acceptors (Lipinski definition) is 7. The third kappa shape index (κ3) is 4.33. The molecule has 11 heteroatoms. The first-order valence-electron chi connectivity index (χ1n) is 10.5. The number of amides is 1. The number of likely N-dealkylation sites (N-methyl/N-ethyl adjacent to an activating group) is 1. The Balaban J connectivity index is 1.40. The average molecular weight is 450 g/mol. The van der Waals surface area contributed by atoms with E-state index in [1.54, 1.807) is 0 Å². The fraction of sp³-hybridized carbons (Fsp3) is 0.571. The monoisotopic (exact) mass is 450 g/mol. The first-order chi connectivity index (χ1) is 15.0. The van der Waals surface area contributed by atoms with Crippen LogP contribution in [0.4, 0.5) is 24.7 Å².